The van der Waals surface area contributed by atoms with Gasteiger partial charge in [0.15, 0.2) is 5.82 Å². The number of nitrogens with one attached hydrogen (secondary N) is 2. The van der Waals surface area contributed by atoms with Gasteiger partial charge in [-0.2, -0.15) is 0 Å². The van der Waals surface area contributed by atoms with Gasteiger partial charge in [0.25, 0.3) is 5.91 Å². The van der Waals surface area contributed by atoms with Crippen LogP contribution in [0.1, 0.15) is 36.9 Å². The molecule has 1 aromatic carbocycles. The van der Waals surface area contributed by atoms with Gasteiger partial charge in [-0.3, -0.25) is 4.79 Å². The molecule has 2 rings (SSSR count). The summed E-state index contributed by atoms with van der Waals surface area (Å²) >= 11 is 0. The van der Waals surface area contributed by atoms with Crippen molar-refractivity contribution in [1.82, 2.24) is 9.88 Å². The van der Waals surface area contributed by atoms with Crippen LogP contribution in [0.5, 0.6) is 0 Å². The molecule has 0 radical (unpaired) electrons. The molecule has 0 spiro atoms. The number of sulfonamides is 1. The average molecular weight is 337 g/mol. The summed E-state index contributed by atoms with van der Waals surface area (Å²) in [5.41, 5.74) is -0.264. The second-order valence-electron chi connectivity index (χ2n) is 6.16. The molecule has 0 aliphatic heterocycles. The first-order chi connectivity index (χ1) is 10.6. The molecule has 0 aliphatic carbocycles. The van der Waals surface area contributed by atoms with Gasteiger partial charge in [0.1, 0.15) is 5.76 Å². The van der Waals surface area contributed by atoms with Gasteiger partial charge in [0, 0.05) is 17.2 Å². The Kier molecular flexibility index (Phi) is 4.58. The molecule has 7 nitrogen and oxygen atoms in total. The Labute approximate surface area is 135 Å². The molecule has 0 unspecified atom stereocenters. The zero-order valence-electron chi connectivity index (χ0n) is 13.4. The fraction of sp³-hybridized carbons (Fsp3) is 0.333. The molecule has 0 atom stereocenters. The maximum Gasteiger partial charge on any atom is 0.256 e. The number of aryl methyl sites for hydroxylation is 1. The van der Waals surface area contributed by atoms with Crippen LogP contribution in [-0.4, -0.2) is 25.0 Å². The van der Waals surface area contributed by atoms with Crippen LogP contribution in [0.4, 0.5) is 5.82 Å². The van der Waals surface area contributed by atoms with Crippen molar-refractivity contribution in [3.05, 3.63) is 41.7 Å². The third-order valence-electron chi connectivity index (χ3n) is 2.74. The van der Waals surface area contributed by atoms with E-state index in [0.29, 0.717) is 17.1 Å². The SMILES string of the molecule is Cc1cc(NC(=O)c2ccc(S(=O)(=O)NC(C)(C)C)cc2)no1. The number of nitrogens with zero attached hydrogens (tertiary/aromatic N) is 1. The third-order valence-corrected chi connectivity index (χ3v) is 4.51. The van der Waals surface area contributed by atoms with Crippen molar-refractivity contribution < 1.29 is 17.7 Å². The van der Waals surface area contributed by atoms with E-state index in [2.05, 4.69) is 15.2 Å². The first-order valence-corrected chi connectivity index (χ1v) is 8.44. The summed E-state index contributed by atoms with van der Waals surface area (Å²) in [5, 5.41) is 6.23. The molecule has 0 bridgehead atoms. The number of amides is 1. The Morgan fingerprint density at radius 3 is 2.26 bits per heavy atom. The summed E-state index contributed by atoms with van der Waals surface area (Å²) in [4.78, 5) is 12.2. The van der Waals surface area contributed by atoms with Gasteiger partial charge >= 0.3 is 0 Å². The number of carbonyl (C=O) groups is 1. The van der Waals surface area contributed by atoms with E-state index >= 15 is 0 Å². The Bertz CT molecular complexity index is 802. The number of hydrogen-bond acceptors (Lipinski definition) is 5. The van der Waals surface area contributed by atoms with Crippen molar-refractivity contribution in [2.24, 2.45) is 0 Å². The van der Waals surface area contributed by atoms with Crippen molar-refractivity contribution in [1.29, 1.82) is 0 Å². The summed E-state index contributed by atoms with van der Waals surface area (Å²) in [6.45, 7) is 6.98. The lowest BCUT2D eigenvalue weighted by Crippen LogP contribution is -2.40. The number of aromatic nitrogens is 1. The second kappa shape index (κ2) is 6.13. The van der Waals surface area contributed by atoms with E-state index in [9.17, 15) is 13.2 Å². The van der Waals surface area contributed by atoms with Gasteiger partial charge in [0.2, 0.25) is 10.0 Å². The van der Waals surface area contributed by atoms with Gasteiger partial charge in [-0.15, -0.1) is 0 Å². The highest BCUT2D eigenvalue weighted by molar-refractivity contribution is 7.89. The fourth-order valence-corrected chi connectivity index (χ4v) is 3.28. The van der Waals surface area contributed by atoms with Crippen molar-refractivity contribution in [3.8, 4) is 0 Å². The second-order valence-corrected chi connectivity index (χ2v) is 7.84. The molecular formula is C15H19N3O4S. The summed E-state index contributed by atoms with van der Waals surface area (Å²) in [7, 11) is -3.63. The largest absolute Gasteiger partial charge is 0.360 e. The van der Waals surface area contributed by atoms with Crippen LogP contribution < -0.4 is 10.0 Å². The molecule has 8 heteroatoms. The fourth-order valence-electron chi connectivity index (χ4n) is 1.86. The molecule has 1 aromatic heterocycles. The molecule has 0 fully saturated rings. The van der Waals surface area contributed by atoms with E-state index in [4.69, 9.17) is 4.52 Å². The predicted molar refractivity (Wildman–Crippen MR) is 85.7 cm³/mol. The van der Waals surface area contributed by atoms with Crippen molar-refractivity contribution in [2.75, 3.05) is 5.32 Å². The van der Waals surface area contributed by atoms with Crippen molar-refractivity contribution in [3.63, 3.8) is 0 Å². The van der Waals surface area contributed by atoms with E-state index in [0.717, 1.165) is 0 Å². The summed E-state index contributed by atoms with van der Waals surface area (Å²) in [6.07, 6.45) is 0. The molecule has 2 aromatic rings. The lowest BCUT2D eigenvalue weighted by Gasteiger charge is -2.20. The monoisotopic (exact) mass is 337 g/mol. The number of anilines is 1. The van der Waals surface area contributed by atoms with E-state index < -0.39 is 21.5 Å². The predicted octanol–water partition coefficient (Wildman–Crippen LogP) is 2.31. The van der Waals surface area contributed by atoms with Gasteiger partial charge in [-0.25, -0.2) is 13.1 Å². The Balaban J connectivity index is 2.14. The smallest absolute Gasteiger partial charge is 0.256 e. The first-order valence-electron chi connectivity index (χ1n) is 6.95. The molecule has 0 aliphatic rings. The van der Waals surface area contributed by atoms with E-state index in [-0.39, 0.29) is 4.90 Å². The molecule has 1 heterocycles. The van der Waals surface area contributed by atoms with Gasteiger partial charge < -0.3 is 9.84 Å². The summed E-state index contributed by atoms with van der Waals surface area (Å²) in [5.74, 6) is 0.486. The van der Waals surface area contributed by atoms with Crippen molar-refractivity contribution in [2.45, 2.75) is 38.1 Å². The topological polar surface area (TPSA) is 101 Å². The highest BCUT2D eigenvalue weighted by atomic mass is 32.2. The minimum absolute atomic E-state index is 0.0984. The normalized spacial score (nSPS) is 12.2. The highest BCUT2D eigenvalue weighted by Crippen LogP contribution is 2.15. The quantitative estimate of drug-likeness (QED) is 0.891. The summed E-state index contributed by atoms with van der Waals surface area (Å²) in [6, 6.07) is 7.25. The van der Waals surface area contributed by atoms with E-state index in [1.165, 1.54) is 24.3 Å². The van der Waals surface area contributed by atoms with Crippen LogP contribution in [0.2, 0.25) is 0 Å². The van der Waals surface area contributed by atoms with Crippen molar-refractivity contribution >= 4 is 21.7 Å². The molecule has 23 heavy (non-hydrogen) atoms. The third kappa shape index (κ3) is 4.64. The zero-order valence-corrected chi connectivity index (χ0v) is 14.2. The Hall–Kier alpha value is -2.19. The molecule has 0 saturated heterocycles. The Morgan fingerprint density at radius 1 is 1.17 bits per heavy atom. The number of benzene rings is 1. The van der Waals surface area contributed by atoms with E-state index in [1.807, 2.05) is 0 Å². The molecule has 2 N–H and O–H groups in total. The maximum absolute atomic E-state index is 12.2. The van der Waals surface area contributed by atoms with Crippen LogP contribution in [0.15, 0.2) is 39.8 Å². The minimum atomic E-state index is -3.63. The standard InChI is InChI=1S/C15H19N3O4S/c1-10-9-13(17-22-10)16-14(19)11-5-7-12(8-6-11)23(20,21)18-15(2,3)4/h5-9,18H,1-4H3,(H,16,17,19). The van der Waals surface area contributed by atoms with Gasteiger partial charge in [-0.05, 0) is 52.0 Å². The minimum Gasteiger partial charge on any atom is -0.360 e. The van der Waals surface area contributed by atoms with E-state index in [1.54, 1.807) is 33.8 Å². The van der Waals surface area contributed by atoms with Crippen LogP contribution in [0.3, 0.4) is 0 Å². The lowest BCUT2D eigenvalue weighted by atomic mass is 10.1. The van der Waals surface area contributed by atoms with Gasteiger partial charge in [0.05, 0.1) is 4.90 Å². The average Bonchev–Trinajstić information content (AvgIpc) is 2.81. The number of hydrogen-bond donors (Lipinski definition) is 2. The maximum atomic E-state index is 12.2. The summed E-state index contributed by atoms with van der Waals surface area (Å²) < 4.78 is 31.8. The van der Waals surface area contributed by atoms with Crippen LogP contribution in [-0.2, 0) is 10.0 Å². The molecule has 124 valence electrons. The van der Waals surface area contributed by atoms with Gasteiger partial charge in [-0.1, -0.05) is 5.16 Å². The van der Waals surface area contributed by atoms with Crippen LogP contribution in [0, 0.1) is 6.92 Å². The lowest BCUT2D eigenvalue weighted by molar-refractivity contribution is 0.102. The number of carbonyl (C=O) groups excluding carboxylic acids is 1. The molecular weight excluding hydrogens is 318 g/mol. The Morgan fingerprint density at radius 2 is 1.78 bits per heavy atom. The highest BCUT2D eigenvalue weighted by Gasteiger charge is 2.22. The van der Waals surface area contributed by atoms with Crippen LogP contribution >= 0.6 is 0 Å². The molecule has 1 amide bonds. The molecule has 0 saturated carbocycles. The first kappa shape index (κ1) is 17.2. The van der Waals surface area contributed by atoms with Crippen LogP contribution in [0.25, 0.3) is 0 Å². The zero-order chi connectivity index (χ0) is 17.3. The number of rotatable bonds is 4.